The lowest BCUT2D eigenvalue weighted by atomic mass is 10.2. The second-order valence-electron chi connectivity index (χ2n) is 4.74. The van der Waals surface area contributed by atoms with Gasteiger partial charge in [-0.15, -0.1) is 4.59 Å². The molecule has 1 aromatic carbocycles. The fourth-order valence-corrected chi connectivity index (χ4v) is 2.68. The van der Waals surface area contributed by atoms with Gasteiger partial charge in [0.1, 0.15) is 12.7 Å². The summed E-state index contributed by atoms with van der Waals surface area (Å²) < 4.78 is 0.610. The van der Waals surface area contributed by atoms with E-state index in [0.29, 0.717) is 10.6 Å². The third-order valence-electron chi connectivity index (χ3n) is 3.56. The molecule has 2 aliphatic heterocycles. The molecule has 88 valence electrons. The third kappa shape index (κ3) is 2.04. The summed E-state index contributed by atoms with van der Waals surface area (Å²) in [5.41, 5.74) is 1.24. The number of nitrogens with one attached hydrogen (secondary N) is 1. The highest BCUT2D eigenvalue weighted by Gasteiger charge is 2.34. The molecule has 3 rings (SSSR count). The SMILES string of the molecule is C1=C[N+](C[C@@H]2CCCN2)(c2ccccc2)N=C1. The van der Waals surface area contributed by atoms with Crippen LogP contribution < -0.4 is 9.91 Å². The summed E-state index contributed by atoms with van der Waals surface area (Å²) in [4.78, 5) is 0. The normalized spacial score (nSPS) is 31.2. The van der Waals surface area contributed by atoms with Crippen LogP contribution in [0.25, 0.3) is 0 Å². The van der Waals surface area contributed by atoms with Gasteiger partial charge in [-0.2, -0.15) is 0 Å². The Kier molecular flexibility index (Phi) is 2.79. The number of rotatable bonds is 3. The first-order valence-corrected chi connectivity index (χ1v) is 6.29. The summed E-state index contributed by atoms with van der Waals surface area (Å²) in [5, 5.41) is 8.22. The monoisotopic (exact) mass is 228 g/mol. The molecule has 17 heavy (non-hydrogen) atoms. The zero-order valence-corrected chi connectivity index (χ0v) is 9.92. The van der Waals surface area contributed by atoms with Crippen LogP contribution in [0.5, 0.6) is 0 Å². The fourth-order valence-electron chi connectivity index (χ4n) is 2.68. The van der Waals surface area contributed by atoms with Crippen LogP contribution in [-0.4, -0.2) is 25.3 Å². The summed E-state index contributed by atoms with van der Waals surface area (Å²) in [6.45, 7) is 2.16. The van der Waals surface area contributed by atoms with Crippen molar-refractivity contribution in [1.82, 2.24) is 9.91 Å². The van der Waals surface area contributed by atoms with Crippen molar-refractivity contribution in [3.05, 3.63) is 42.6 Å². The van der Waals surface area contributed by atoms with Crippen molar-refractivity contribution in [2.45, 2.75) is 18.9 Å². The van der Waals surface area contributed by atoms with Gasteiger partial charge in [0.25, 0.3) is 0 Å². The van der Waals surface area contributed by atoms with E-state index in [1.807, 2.05) is 12.3 Å². The maximum absolute atomic E-state index is 4.66. The Morgan fingerprint density at radius 2 is 2.18 bits per heavy atom. The van der Waals surface area contributed by atoms with Crippen molar-refractivity contribution in [2.75, 3.05) is 13.1 Å². The van der Waals surface area contributed by atoms with E-state index in [1.165, 1.54) is 18.5 Å². The van der Waals surface area contributed by atoms with E-state index >= 15 is 0 Å². The summed E-state index contributed by atoms with van der Waals surface area (Å²) in [7, 11) is 0. The molecule has 1 N–H and O–H groups in total. The Morgan fingerprint density at radius 3 is 2.82 bits per heavy atom. The molecule has 0 amide bonds. The van der Waals surface area contributed by atoms with Gasteiger partial charge in [0.05, 0.1) is 12.3 Å². The molecule has 0 bridgehead atoms. The van der Waals surface area contributed by atoms with Crippen LogP contribution in [0.4, 0.5) is 5.69 Å². The van der Waals surface area contributed by atoms with Crippen LogP contribution in [0, 0.1) is 0 Å². The minimum atomic E-state index is 0.579. The van der Waals surface area contributed by atoms with Crippen LogP contribution in [-0.2, 0) is 0 Å². The van der Waals surface area contributed by atoms with Gasteiger partial charge in [-0.25, -0.2) is 0 Å². The lowest BCUT2D eigenvalue weighted by Crippen LogP contribution is -2.46. The zero-order chi connectivity index (χ0) is 11.6. The average Bonchev–Trinajstić information content (AvgIpc) is 3.03. The molecule has 2 atom stereocenters. The minimum Gasteiger partial charge on any atom is -0.309 e. The summed E-state index contributed by atoms with van der Waals surface area (Å²) >= 11 is 0. The number of para-hydroxylation sites is 1. The first-order chi connectivity index (χ1) is 8.39. The van der Waals surface area contributed by atoms with Crippen molar-refractivity contribution in [3.63, 3.8) is 0 Å². The predicted octanol–water partition coefficient (Wildman–Crippen LogP) is 2.26. The van der Waals surface area contributed by atoms with Crippen LogP contribution in [0.2, 0.25) is 0 Å². The summed E-state index contributed by atoms with van der Waals surface area (Å²) in [6.07, 6.45) is 8.67. The molecule has 0 aliphatic carbocycles. The number of quaternary nitrogens is 1. The van der Waals surface area contributed by atoms with Gasteiger partial charge in [-0.3, -0.25) is 0 Å². The number of hydrogen-bond acceptors (Lipinski definition) is 2. The summed E-state index contributed by atoms with van der Waals surface area (Å²) in [5.74, 6) is 0. The topological polar surface area (TPSA) is 24.4 Å². The van der Waals surface area contributed by atoms with E-state index in [4.69, 9.17) is 0 Å². The van der Waals surface area contributed by atoms with Gasteiger partial charge in [0.15, 0.2) is 5.69 Å². The lowest BCUT2D eigenvalue weighted by molar-refractivity contribution is 0.351. The molecule has 2 aliphatic rings. The second kappa shape index (κ2) is 4.43. The number of nitrogens with zero attached hydrogens (tertiary/aromatic N) is 2. The Hall–Kier alpha value is -1.45. The van der Waals surface area contributed by atoms with Gasteiger partial charge >= 0.3 is 0 Å². The quantitative estimate of drug-likeness (QED) is 0.788. The van der Waals surface area contributed by atoms with Crippen molar-refractivity contribution in [2.24, 2.45) is 5.10 Å². The molecule has 0 aromatic heterocycles. The van der Waals surface area contributed by atoms with E-state index in [1.54, 1.807) is 0 Å². The smallest absolute Gasteiger partial charge is 0.164 e. The standard InChI is InChI=1S/C14H18N3/c1-2-7-14(8-3-1)17(11-5-10-16-17)12-13-6-4-9-15-13/h1-3,5,7-8,10-11,13,15H,4,6,9,12H2/q+1/t13-,17?/m0/s1. The van der Waals surface area contributed by atoms with Crippen molar-refractivity contribution in [3.8, 4) is 0 Å². The van der Waals surface area contributed by atoms with Crippen LogP contribution >= 0.6 is 0 Å². The molecular formula is C14H18N3+. The average molecular weight is 228 g/mol. The highest BCUT2D eigenvalue weighted by molar-refractivity contribution is 5.75. The van der Waals surface area contributed by atoms with Gasteiger partial charge in [-0.05, 0) is 19.4 Å². The zero-order valence-electron chi connectivity index (χ0n) is 9.92. The highest BCUT2D eigenvalue weighted by atomic mass is 15.6. The van der Waals surface area contributed by atoms with Crippen LogP contribution in [0.3, 0.4) is 0 Å². The Labute approximate surface area is 102 Å². The van der Waals surface area contributed by atoms with Gasteiger partial charge in [0.2, 0.25) is 0 Å². The van der Waals surface area contributed by atoms with Crippen LogP contribution in [0.1, 0.15) is 12.8 Å². The van der Waals surface area contributed by atoms with Gasteiger partial charge in [0, 0.05) is 18.2 Å². The maximum atomic E-state index is 4.66. The Bertz CT molecular complexity index is 418. The Balaban J connectivity index is 1.88. The number of hydrogen-bond donors (Lipinski definition) is 1. The molecule has 1 fully saturated rings. The number of allylic oxidation sites excluding steroid dienone is 1. The highest BCUT2D eigenvalue weighted by Crippen LogP contribution is 2.28. The van der Waals surface area contributed by atoms with E-state index < -0.39 is 0 Å². The van der Waals surface area contributed by atoms with Crippen LogP contribution in [0.15, 0.2) is 47.7 Å². The first kappa shape index (κ1) is 10.7. The molecule has 3 heteroatoms. The van der Waals surface area contributed by atoms with E-state index in [0.717, 1.165) is 13.1 Å². The molecule has 0 saturated carbocycles. The molecule has 1 aromatic rings. The van der Waals surface area contributed by atoms with E-state index in [9.17, 15) is 0 Å². The summed E-state index contributed by atoms with van der Waals surface area (Å²) in [6, 6.07) is 11.1. The van der Waals surface area contributed by atoms with Crippen molar-refractivity contribution >= 4 is 11.9 Å². The molecule has 1 saturated heterocycles. The van der Waals surface area contributed by atoms with Gasteiger partial charge in [-0.1, -0.05) is 23.3 Å². The fraction of sp³-hybridized carbons (Fsp3) is 0.357. The number of benzene rings is 1. The maximum Gasteiger partial charge on any atom is 0.164 e. The minimum absolute atomic E-state index is 0.579. The predicted molar refractivity (Wildman–Crippen MR) is 71.8 cm³/mol. The van der Waals surface area contributed by atoms with Crippen molar-refractivity contribution < 1.29 is 0 Å². The molecule has 3 nitrogen and oxygen atoms in total. The molecule has 0 radical (unpaired) electrons. The third-order valence-corrected chi connectivity index (χ3v) is 3.56. The second-order valence-corrected chi connectivity index (χ2v) is 4.74. The van der Waals surface area contributed by atoms with E-state index in [2.05, 4.69) is 46.9 Å². The lowest BCUT2D eigenvalue weighted by Gasteiger charge is -2.28. The largest absolute Gasteiger partial charge is 0.309 e. The van der Waals surface area contributed by atoms with E-state index in [-0.39, 0.29) is 0 Å². The van der Waals surface area contributed by atoms with Crippen molar-refractivity contribution in [1.29, 1.82) is 0 Å². The molecule has 0 spiro atoms. The molecular weight excluding hydrogens is 210 g/mol. The van der Waals surface area contributed by atoms with Gasteiger partial charge < -0.3 is 5.32 Å². The molecule has 1 unspecified atom stereocenters. The Morgan fingerprint density at radius 1 is 1.29 bits per heavy atom. The molecule has 2 heterocycles. The first-order valence-electron chi connectivity index (χ1n) is 6.29.